The van der Waals surface area contributed by atoms with Crippen molar-refractivity contribution in [1.29, 1.82) is 5.26 Å². The first kappa shape index (κ1) is 15.5. The molecule has 0 spiro atoms. The number of nitrogens with zero attached hydrogens (tertiary/aromatic N) is 1. The van der Waals surface area contributed by atoms with Crippen LogP contribution >= 0.6 is 0 Å². The third-order valence-electron chi connectivity index (χ3n) is 4.12. The van der Waals surface area contributed by atoms with Crippen LogP contribution in [0.2, 0.25) is 0 Å². The van der Waals surface area contributed by atoms with Gasteiger partial charge < -0.3 is 5.32 Å². The minimum atomic E-state index is 0.257. The van der Waals surface area contributed by atoms with E-state index in [-0.39, 0.29) is 5.92 Å². The van der Waals surface area contributed by atoms with Crippen molar-refractivity contribution in [2.75, 3.05) is 6.54 Å². The second-order valence-corrected chi connectivity index (χ2v) is 5.70. The van der Waals surface area contributed by atoms with E-state index in [1.807, 2.05) is 0 Å². The predicted molar refractivity (Wildman–Crippen MR) is 77.4 cm³/mol. The van der Waals surface area contributed by atoms with Crippen molar-refractivity contribution in [2.45, 2.75) is 83.6 Å². The fourth-order valence-corrected chi connectivity index (χ4v) is 2.90. The maximum Gasteiger partial charge on any atom is 0.0672 e. The second-order valence-electron chi connectivity index (χ2n) is 5.70. The van der Waals surface area contributed by atoms with E-state index in [1.54, 1.807) is 0 Å². The van der Waals surface area contributed by atoms with Crippen LogP contribution in [0.15, 0.2) is 0 Å². The van der Waals surface area contributed by atoms with E-state index in [0.29, 0.717) is 6.04 Å². The number of nitriles is 1. The zero-order valence-corrected chi connectivity index (χ0v) is 12.1. The molecule has 0 aromatic rings. The summed E-state index contributed by atoms with van der Waals surface area (Å²) in [5, 5.41) is 12.8. The summed E-state index contributed by atoms with van der Waals surface area (Å²) in [7, 11) is 0. The molecule has 0 radical (unpaired) electrons. The molecule has 1 fully saturated rings. The third-order valence-corrected chi connectivity index (χ3v) is 4.12. The van der Waals surface area contributed by atoms with E-state index in [4.69, 9.17) is 0 Å². The monoisotopic (exact) mass is 250 g/mol. The van der Waals surface area contributed by atoms with Crippen LogP contribution in [0.1, 0.15) is 77.6 Å². The van der Waals surface area contributed by atoms with Gasteiger partial charge in [-0.25, -0.2) is 0 Å². The lowest BCUT2D eigenvalue weighted by Gasteiger charge is -2.20. The zero-order valence-electron chi connectivity index (χ0n) is 12.1. The molecule has 2 nitrogen and oxygen atoms in total. The van der Waals surface area contributed by atoms with Gasteiger partial charge in [0.05, 0.1) is 12.0 Å². The molecule has 1 rings (SSSR count). The molecule has 2 atom stereocenters. The average molecular weight is 250 g/mol. The van der Waals surface area contributed by atoms with Gasteiger partial charge in [-0.15, -0.1) is 0 Å². The maximum absolute atomic E-state index is 9.20. The van der Waals surface area contributed by atoms with Gasteiger partial charge in [-0.05, 0) is 25.8 Å². The van der Waals surface area contributed by atoms with E-state index in [0.717, 1.165) is 13.0 Å². The molecule has 1 N–H and O–H groups in total. The van der Waals surface area contributed by atoms with Crippen molar-refractivity contribution in [3.8, 4) is 6.07 Å². The van der Waals surface area contributed by atoms with Crippen molar-refractivity contribution in [1.82, 2.24) is 5.32 Å². The summed E-state index contributed by atoms with van der Waals surface area (Å²) in [6.45, 7) is 3.37. The van der Waals surface area contributed by atoms with Crippen molar-refractivity contribution in [3.63, 3.8) is 0 Å². The van der Waals surface area contributed by atoms with Crippen molar-refractivity contribution in [3.05, 3.63) is 0 Å². The Morgan fingerprint density at radius 3 is 2.50 bits per heavy atom. The SMILES string of the molecule is CCCCCCCCNC1CCCCCC1C#N. The molecule has 0 amide bonds. The minimum Gasteiger partial charge on any atom is -0.313 e. The number of unbranched alkanes of at least 4 members (excludes halogenated alkanes) is 5. The van der Waals surface area contributed by atoms with Gasteiger partial charge in [0, 0.05) is 6.04 Å². The largest absolute Gasteiger partial charge is 0.313 e. The Morgan fingerprint density at radius 1 is 1.00 bits per heavy atom. The Hall–Kier alpha value is -0.550. The Morgan fingerprint density at radius 2 is 1.72 bits per heavy atom. The molecular formula is C16H30N2. The number of hydrogen-bond acceptors (Lipinski definition) is 2. The first-order valence-electron chi connectivity index (χ1n) is 8.01. The second kappa shape index (κ2) is 10.4. The molecular weight excluding hydrogens is 220 g/mol. The molecule has 0 heterocycles. The van der Waals surface area contributed by atoms with E-state index >= 15 is 0 Å². The average Bonchev–Trinajstić information content (AvgIpc) is 2.62. The normalized spacial score (nSPS) is 24.4. The summed E-state index contributed by atoms with van der Waals surface area (Å²) in [5.41, 5.74) is 0. The quantitative estimate of drug-likeness (QED) is 0.511. The number of rotatable bonds is 8. The van der Waals surface area contributed by atoms with E-state index in [1.165, 1.54) is 64.2 Å². The molecule has 18 heavy (non-hydrogen) atoms. The Kier molecular flexibility index (Phi) is 8.94. The summed E-state index contributed by atoms with van der Waals surface area (Å²) in [6.07, 6.45) is 14.3. The van der Waals surface area contributed by atoms with Crippen LogP contribution in [0.5, 0.6) is 0 Å². The maximum atomic E-state index is 9.20. The highest BCUT2D eigenvalue weighted by molar-refractivity contribution is 4.93. The molecule has 1 aliphatic carbocycles. The van der Waals surface area contributed by atoms with E-state index < -0.39 is 0 Å². The molecule has 0 aromatic heterocycles. The molecule has 0 aliphatic heterocycles. The predicted octanol–water partition coefficient (Wildman–Crippen LogP) is 4.41. The third kappa shape index (κ3) is 6.40. The van der Waals surface area contributed by atoms with Gasteiger partial charge in [0.25, 0.3) is 0 Å². The van der Waals surface area contributed by atoms with Crippen LogP contribution in [-0.4, -0.2) is 12.6 Å². The lowest BCUT2D eigenvalue weighted by molar-refractivity contribution is 0.389. The van der Waals surface area contributed by atoms with Crippen LogP contribution < -0.4 is 5.32 Å². The summed E-state index contributed by atoms with van der Waals surface area (Å²) in [6, 6.07) is 2.97. The topological polar surface area (TPSA) is 35.8 Å². The lowest BCUT2D eigenvalue weighted by atomic mass is 9.96. The van der Waals surface area contributed by atoms with Gasteiger partial charge in [0.1, 0.15) is 0 Å². The fraction of sp³-hybridized carbons (Fsp3) is 0.938. The van der Waals surface area contributed by atoms with E-state index in [9.17, 15) is 5.26 Å². The van der Waals surface area contributed by atoms with Crippen LogP contribution in [0.25, 0.3) is 0 Å². The molecule has 0 saturated heterocycles. The van der Waals surface area contributed by atoms with Crippen molar-refractivity contribution >= 4 is 0 Å². The minimum absolute atomic E-state index is 0.257. The first-order chi connectivity index (χ1) is 8.88. The van der Waals surface area contributed by atoms with Gasteiger partial charge in [0.2, 0.25) is 0 Å². The van der Waals surface area contributed by atoms with Crippen LogP contribution in [0, 0.1) is 17.2 Å². The van der Waals surface area contributed by atoms with Gasteiger partial charge in [-0.2, -0.15) is 5.26 Å². The van der Waals surface area contributed by atoms with E-state index in [2.05, 4.69) is 18.3 Å². The summed E-state index contributed by atoms with van der Waals surface area (Å²) in [5.74, 6) is 0.257. The Bertz CT molecular complexity index is 232. The molecule has 1 aliphatic rings. The first-order valence-corrected chi connectivity index (χ1v) is 8.01. The number of nitrogens with one attached hydrogen (secondary N) is 1. The van der Waals surface area contributed by atoms with Crippen molar-refractivity contribution in [2.24, 2.45) is 5.92 Å². The van der Waals surface area contributed by atoms with Gasteiger partial charge in [-0.1, -0.05) is 58.3 Å². The van der Waals surface area contributed by atoms with Crippen molar-refractivity contribution < 1.29 is 0 Å². The molecule has 2 heteroatoms. The lowest BCUT2D eigenvalue weighted by Crippen LogP contribution is -2.35. The molecule has 104 valence electrons. The van der Waals surface area contributed by atoms with Crippen LogP contribution in [0.4, 0.5) is 0 Å². The highest BCUT2D eigenvalue weighted by atomic mass is 14.9. The Balaban J connectivity index is 2.07. The molecule has 1 saturated carbocycles. The summed E-state index contributed by atoms with van der Waals surface area (Å²) < 4.78 is 0. The fourth-order valence-electron chi connectivity index (χ4n) is 2.90. The highest BCUT2D eigenvalue weighted by Crippen LogP contribution is 2.22. The standard InChI is InChI=1S/C16H30N2/c1-2-3-4-5-6-10-13-18-16-12-9-7-8-11-15(16)14-17/h15-16,18H,2-13H2,1H3. The smallest absolute Gasteiger partial charge is 0.0672 e. The molecule has 0 aromatic carbocycles. The number of hydrogen-bond donors (Lipinski definition) is 1. The van der Waals surface area contributed by atoms with Crippen LogP contribution in [0.3, 0.4) is 0 Å². The Labute approximate surface area is 113 Å². The summed E-state index contributed by atoms with van der Waals surface area (Å²) >= 11 is 0. The van der Waals surface area contributed by atoms with Gasteiger partial charge >= 0.3 is 0 Å². The van der Waals surface area contributed by atoms with Gasteiger partial charge in [0.15, 0.2) is 0 Å². The molecule has 0 bridgehead atoms. The zero-order chi connectivity index (χ0) is 13.1. The highest BCUT2D eigenvalue weighted by Gasteiger charge is 2.22. The summed E-state index contributed by atoms with van der Waals surface area (Å²) in [4.78, 5) is 0. The molecule has 2 unspecified atom stereocenters. The van der Waals surface area contributed by atoms with Crippen LogP contribution in [-0.2, 0) is 0 Å². The van der Waals surface area contributed by atoms with Gasteiger partial charge in [-0.3, -0.25) is 0 Å².